The summed E-state index contributed by atoms with van der Waals surface area (Å²) in [6.07, 6.45) is 1.91. The molecular weight excluding hydrogens is 298 g/mol. The van der Waals surface area contributed by atoms with Gasteiger partial charge in [-0.25, -0.2) is 13.1 Å². The van der Waals surface area contributed by atoms with E-state index in [1.807, 2.05) is 20.1 Å². The molecule has 0 unspecified atom stereocenters. The molecule has 1 amide bonds. The van der Waals surface area contributed by atoms with Crippen molar-refractivity contribution in [3.63, 3.8) is 0 Å². The minimum Gasteiger partial charge on any atom is -0.398 e. The van der Waals surface area contributed by atoms with Crippen LogP contribution in [0.3, 0.4) is 0 Å². The van der Waals surface area contributed by atoms with Crippen LogP contribution in [-0.4, -0.2) is 31.9 Å². The molecule has 0 heterocycles. The molecule has 112 valence electrons. The summed E-state index contributed by atoms with van der Waals surface area (Å²) in [5, 5.41) is 0. The molecule has 0 atom stereocenters. The highest BCUT2D eigenvalue weighted by atomic mass is 32.2. The molecule has 0 fully saturated rings. The number of nitrogens with two attached hydrogens (primary N) is 2. The Morgan fingerprint density at radius 3 is 2.45 bits per heavy atom. The second kappa shape index (κ2) is 6.02. The third-order valence-electron chi connectivity index (χ3n) is 2.82. The number of rotatable bonds is 6. The first-order valence-electron chi connectivity index (χ1n) is 5.83. The number of benzene rings is 1. The fourth-order valence-corrected chi connectivity index (χ4v) is 3.00. The van der Waals surface area contributed by atoms with Gasteiger partial charge in [-0.05, 0) is 38.3 Å². The van der Waals surface area contributed by atoms with Crippen molar-refractivity contribution in [1.82, 2.24) is 4.72 Å². The van der Waals surface area contributed by atoms with Crippen molar-refractivity contribution < 1.29 is 13.2 Å². The van der Waals surface area contributed by atoms with Crippen LogP contribution in [0.5, 0.6) is 0 Å². The zero-order valence-corrected chi connectivity index (χ0v) is 13.3. The van der Waals surface area contributed by atoms with Crippen molar-refractivity contribution in [2.75, 3.05) is 18.5 Å². The van der Waals surface area contributed by atoms with E-state index >= 15 is 0 Å². The van der Waals surface area contributed by atoms with Crippen LogP contribution in [0, 0.1) is 0 Å². The Morgan fingerprint density at radius 1 is 1.40 bits per heavy atom. The van der Waals surface area contributed by atoms with Crippen molar-refractivity contribution in [1.29, 1.82) is 0 Å². The predicted octanol–water partition coefficient (Wildman–Crippen LogP) is 0.788. The number of sulfonamides is 1. The molecule has 6 nitrogen and oxygen atoms in total. The molecule has 0 aliphatic heterocycles. The zero-order valence-electron chi connectivity index (χ0n) is 11.6. The molecule has 0 aliphatic carbocycles. The molecule has 1 rings (SSSR count). The van der Waals surface area contributed by atoms with Crippen molar-refractivity contribution in [2.24, 2.45) is 5.73 Å². The molecule has 20 heavy (non-hydrogen) atoms. The lowest BCUT2D eigenvalue weighted by Crippen LogP contribution is -2.36. The van der Waals surface area contributed by atoms with Gasteiger partial charge in [0, 0.05) is 16.9 Å². The van der Waals surface area contributed by atoms with Crippen LogP contribution in [0.25, 0.3) is 0 Å². The van der Waals surface area contributed by atoms with Gasteiger partial charge < -0.3 is 11.5 Å². The second-order valence-corrected chi connectivity index (χ2v) is 8.15. The first kappa shape index (κ1) is 16.8. The van der Waals surface area contributed by atoms with Crippen LogP contribution >= 0.6 is 11.8 Å². The number of amides is 1. The van der Waals surface area contributed by atoms with Crippen molar-refractivity contribution in [3.8, 4) is 0 Å². The summed E-state index contributed by atoms with van der Waals surface area (Å²) in [6.45, 7) is 4.13. The third kappa shape index (κ3) is 4.12. The maximum absolute atomic E-state index is 12.2. The van der Waals surface area contributed by atoms with Gasteiger partial charge in [-0.3, -0.25) is 4.79 Å². The van der Waals surface area contributed by atoms with E-state index in [4.69, 9.17) is 11.5 Å². The Bertz CT molecular complexity index is 612. The van der Waals surface area contributed by atoms with E-state index in [9.17, 15) is 13.2 Å². The summed E-state index contributed by atoms with van der Waals surface area (Å²) >= 11 is 1.55. The molecule has 5 N–H and O–H groups in total. The number of thioether (sulfide) groups is 1. The van der Waals surface area contributed by atoms with E-state index in [1.165, 1.54) is 18.2 Å². The first-order chi connectivity index (χ1) is 9.09. The molecule has 1 aromatic rings. The third-order valence-corrected chi connectivity index (χ3v) is 5.55. The summed E-state index contributed by atoms with van der Waals surface area (Å²) < 4.78 is 26.6. The molecule has 0 aliphatic rings. The number of nitrogen functional groups attached to an aromatic ring is 1. The summed E-state index contributed by atoms with van der Waals surface area (Å²) in [5.74, 6) is -0.655. The van der Waals surface area contributed by atoms with Crippen LogP contribution in [-0.2, 0) is 10.0 Å². The van der Waals surface area contributed by atoms with E-state index in [2.05, 4.69) is 4.72 Å². The fraction of sp³-hybridized carbons (Fsp3) is 0.417. The Morgan fingerprint density at radius 2 is 2.00 bits per heavy atom. The van der Waals surface area contributed by atoms with Gasteiger partial charge in [-0.1, -0.05) is 0 Å². The number of carbonyl (C=O) groups excluding carboxylic acids is 1. The quantitative estimate of drug-likeness (QED) is 0.671. The van der Waals surface area contributed by atoms with Gasteiger partial charge >= 0.3 is 0 Å². The van der Waals surface area contributed by atoms with Gasteiger partial charge in [0.15, 0.2) is 0 Å². The van der Waals surface area contributed by atoms with Gasteiger partial charge in [0.2, 0.25) is 15.9 Å². The van der Waals surface area contributed by atoms with Gasteiger partial charge in [0.05, 0.1) is 5.69 Å². The van der Waals surface area contributed by atoms with E-state index in [0.29, 0.717) is 0 Å². The lowest BCUT2D eigenvalue weighted by Gasteiger charge is -2.22. The summed E-state index contributed by atoms with van der Waals surface area (Å²) in [6, 6.07) is 3.88. The number of anilines is 1. The number of hydrogen-bond acceptors (Lipinski definition) is 5. The van der Waals surface area contributed by atoms with E-state index < -0.39 is 15.9 Å². The highest BCUT2D eigenvalue weighted by Crippen LogP contribution is 2.23. The van der Waals surface area contributed by atoms with Crippen LogP contribution < -0.4 is 16.2 Å². The highest BCUT2D eigenvalue weighted by molar-refractivity contribution is 8.00. The summed E-state index contributed by atoms with van der Waals surface area (Å²) in [7, 11) is -3.72. The maximum atomic E-state index is 12.2. The van der Waals surface area contributed by atoms with Gasteiger partial charge in [-0.15, -0.1) is 0 Å². The Labute approximate surface area is 123 Å². The lowest BCUT2D eigenvalue weighted by atomic mass is 10.2. The highest BCUT2D eigenvalue weighted by Gasteiger charge is 2.23. The Balaban J connectivity index is 3.02. The summed E-state index contributed by atoms with van der Waals surface area (Å²) in [4.78, 5) is 11.0. The lowest BCUT2D eigenvalue weighted by molar-refractivity contribution is 0.1000. The van der Waals surface area contributed by atoms with E-state index in [1.54, 1.807) is 11.8 Å². The molecule has 0 radical (unpaired) electrons. The monoisotopic (exact) mass is 317 g/mol. The van der Waals surface area contributed by atoms with Crippen molar-refractivity contribution in [2.45, 2.75) is 23.5 Å². The average molecular weight is 317 g/mol. The summed E-state index contributed by atoms with van der Waals surface area (Å²) in [5.41, 5.74) is 11.0. The maximum Gasteiger partial charge on any atom is 0.248 e. The smallest absolute Gasteiger partial charge is 0.248 e. The number of carbonyl (C=O) groups is 1. The van der Waals surface area contributed by atoms with Gasteiger partial charge in [-0.2, -0.15) is 11.8 Å². The second-order valence-electron chi connectivity index (χ2n) is 4.91. The topological polar surface area (TPSA) is 115 Å². The minimum absolute atomic E-state index is 0.00393. The first-order valence-corrected chi connectivity index (χ1v) is 8.54. The zero-order chi connectivity index (χ0) is 15.6. The predicted molar refractivity (Wildman–Crippen MR) is 82.2 cm³/mol. The number of nitrogens with one attached hydrogen (secondary N) is 1. The number of primary amides is 1. The van der Waals surface area contributed by atoms with Gasteiger partial charge in [0.1, 0.15) is 4.90 Å². The minimum atomic E-state index is -3.72. The molecule has 0 spiro atoms. The SMILES string of the molecule is CSC(C)(C)CNS(=O)(=O)c1ccc(C(N)=O)cc1N. The normalized spacial score (nSPS) is 12.3. The van der Waals surface area contributed by atoms with Crippen LogP contribution in [0.2, 0.25) is 0 Å². The molecule has 0 bridgehead atoms. The number of hydrogen-bond donors (Lipinski definition) is 3. The van der Waals surface area contributed by atoms with E-state index in [-0.39, 0.29) is 27.4 Å². The molecule has 1 aromatic carbocycles. The van der Waals surface area contributed by atoms with Gasteiger partial charge in [0.25, 0.3) is 0 Å². The fourth-order valence-electron chi connectivity index (χ4n) is 1.37. The van der Waals surface area contributed by atoms with Crippen LogP contribution in [0.1, 0.15) is 24.2 Å². The van der Waals surface area contributed by atoms with Crippen LogP contribution in [0.4, 0.5) is 5.69 Å². The Hall–Kier alpha value is -1.25. The molecule has 0 saturated carbocycles. The molecule has 8 heteroatoms. The molecule has 0 aromatic heterocycles. The molecular formula is C12H19N3O3S2. The standard InChI is InChI=1S/C12H19N3O3S2/c1-12(2,19-3)7-15-20(17,18)10-5-4-8(11(14)16)6-9(10)13/h4-6,15H,7,13H2,1-3H3,(H2,14,16). The van der Waals surface area contributed by atoms with E-state index in [0.717, 1.165) is 0 Å². The molecule has 0 saturated heterocycles. The average Bonchev–Trinajstić information content (AvgIpc) is 2.36. The van der Waals surface area contributed by atoms with Crippen LogP contribution in [0.15, 0.2) is 23.1 Å². The van der Waals surface area contributed by atoms with Crippen molar-refractivity contribution >= 4 is 33.4 Å². The van der Waals surface area contributed by atoms with Crippen molar-refractivity contribution in [3.05, 3.63) is 23.8 Å². The largest absolute Gasteiger partial charge is 0.398 e. The Kier molecular flexibility index (Phi) is 5.06.